The van der Waals surface area contributed by atoms with Crippen LogP contribution in [0, 0.1) is 24.7 Å². The molecule has 4 rings (SSSR count). The Bertz CT molecular complexity index is 566. The minimum atomic E-state index is 0.229. The fraction of sp³-hybridized carbons (Fsp3) is 0.632. The van der Waals surface area contributed by atoms with E-state index >= 15 is 0 Å². The average Bonchev–Trinajstić information content (AvgIpc) is 3.22. The molecule has 1 aliphatic carbocycles. The lowest BCUT2D eigenvalue weighted by molar-refractivity contribution is 0.0783. The van der Waals surface area contributed by atoms with Gasteiger partial charge < -0.3 is 9.80 Å². The van der Waals surface area contributed by atoms with Gasteiger partial charge in [-0.05, 0) is 62.6 Å². The van der Waals surface area contributed by atoms with Gasteiger partial charge in [-0.25, -0.2) is 0 Å². The van der Waals surface area contributed by atoms with Gasteiger partial charge in [0.1, 0.15) is 0 Å². The van der Waals surface area contributed by atoms with Crippen LogP contribution in [-0.2, 0) is 0 Å². The van der Waals surface area contributed by atoms with Crippen LogP contribution < -0.4 is 0 Å². The molecule has 0 spiro atoms. The van der Waals surface area contributed by atoms with Crippen molar-refractivity contribution < 1.29 is 4.79 Å². The van der Waals surface area contributed by atoms with Gasteiger partial charge in [-0.3, -0.25) is 4.79 Å². The zero-order chi connectivity index (χ0) is 15.1. The van der Waals surface area contributed by atoms with Crippen LogP contribution in [0.5, 0.6) is 0 Å². The Balaban J connectivity index is 1.40. The maximum absolute atomic E-state index is 12.7. The van der Waals surface area contributed by atoms with Crippen LogP contribution >= 0.6 is 0 Å². The SMILES string of the molecule is Cc1cccc(C(=O)N2C[C@H]3CCN(CC4CC4)C[C@H]3C2)c1. The largest absolute Gasteiger partial charge is 0.338 e. The molecule has 2 atom stereocenters. The number of likely N-dealkylation sites (tertiary alicyclic amines) is 2. The van der Waals surface area contributed by atoms with Crippen LogP contribution in [0.4, 0.5) is 0 Å². The maximum atomic E-state index is 12.7. The summed E-state index contributed by atoms with van der Waals surface area (Å²) in [6, 6.07) is 8.01. The van der Waals surface area contributed by atoms with E-state index in [4.69, 9.17) is 0 Å². The zero-order valence-corrected chi connectivity index (χ0v) is 13.5. The van der Waals surface area contributed by atoms with Crippen molar-refractivity contribution in [1.82, 2.24) is 9.80 Å². The van der Waals surface area contributed by atoms with Crippen molar-refractivity contribution >= 4 is 5.91 Å². The topological polar surface area (TPSA) is 23.6 Å². The fourth-order valence-corrected chi connectivity index (χ4v) is 4.20. The smallest absolute Gasteiger partial charge is 0.253 e. The normalized spacial score (nSPS) is 28.7. The number of benzene rings is 1. The van der Waals surface area contributed by atoms with Gasteiger partial charge in [0.2, 0.25) is 0 Å². The fourth-order valence-electron chi connectivity index (χ4n) is 4.20. The standard InChI is InChI=1S/C19H26N2O/c1-14-3-2-4-16(9-14)19(22)21-12-17-7-8-20(10-15-5-6-15)11-18(17)13-21/h2-4,9,15,17-18H,5-8,10-13H2,1H3/t17-,18+/m1/s1. The minimum Gasteiger partial charge on any atom is -0.338 e. The molecule has 2 saturated heterocycles. The molecule has 0 aromatic heterocycles. The number of rotatable bonds is 3. The average molecular weight is 298 g/mol. The Morgan fingerprint density at radius 2 is 1.95 bits per heavy atom. The number of amides is 1. The van der Waals surface area contributed by atoms with Crippen LogP contribution in [0.25, 0.3) is 0 Å². The first-order valence-corrected chi connectivity index (χ1v) is 8.77. The molecule has 2 heterocycles. The number of hydrogen-bond acceptors (Lipinski definition) is 2. The molecule has 2 aliphatic heterocycles. The summed E-state index contributed by atoms with van der Waals surface area (Å²) in [5.41, 5.74) is 2.02. The lowest BCUT2D eigenvalue weighted by Gasteiger charge is -2.34. The first kappa shape index (κ1) is 14.3. The second-order valence-corrected chi connectivity index (χ2v) is 7.59. The van der Waals surface area contributed by atoms with Gasteiger partial charge >= 0.3 is 0 Å². The van der Waals surface area contributed by atoms with Gasteiger partial charge in [-0.1, -0.05) is 17.7 Å². The van der Waals surface area contributed by atoms with E-state index in [1.165, 1.54) is 38.9 Å². The summed E-state index contributed by atoms with van der Waals surface area (Å²) in [5, 5.41) is 0. The highest BCUT2D eigenvalue weighted by Crippen LogP contribution is 2.35. The molecule has 118 valence electrons. The molecular formula is C19H26N2O. The summed E-state index contributed by atoms with van der Waals surface area (Å²) in [7, 11) is 0. The number of aryl methyl sites for hydroxylation is 1. The molecule has 3 aliphatic rings. The monoisotopic (exact) mass is 298 g/mol. The van der Waals surface area contributed by atoms with E-state index in [1.807, 2.05) is 18.2 Å². The van der Waals surface area contributed by atoms with Crippen LogP contribution in [0.15, 0.2) is 24.3 Å². The molecule has 1 amide bonds. The van der Waals surface area contributed by atoms with Crippen molar-refractivity contribution in [2.75, 3.05) is 32.7 Å². The number of nitrogens with zero attached hydrogens (tertiary/aromatic N) is 2. The van der Waals surface area contributed by atoms with Crippen LogP contribution in [0.2, 0.25) is 0 Å². The van der Waals surface area contributed by atoms with E-state index in [-0.39, 0.29) is 5.91 Å². The van der Waals surface area contributed by atoms with Crippen molar-refractivity contribution in [3.63, 3.8) is 0 Å². The van der Waals surface area contributed by atoms with Gasteiger partial charge in [-0.2, -0.15) is 0 Å². The second-order valence-electron chi connectivity index (χ2n) is 7.59. The number of carbonyl (C=O) groups is 1. The van der Waals surface area contributed by atoms with Crippen molar-refractivity contribution in [2.24, 2.45) is 17.8 Å². The summed E-state index contributed by atoms with van der Waals surface area (Å²) < 4.78 is 0. The quantitative estimate of drug-likeness (QED) is 0.856. The lowest BCUT2D eigenvalue weighted by Crippen LogP contribution is -2.40. The molecule has 3 fully saturated rings. The number of carbonyl (C=O) groups excluding carboxylic acids is 1. The Labute approximate surface area is 133 Å². The minimum absolute atomic E-state index is 0.229. The molecule has 0 N–H and O–H groups in total. The van der Waals surface area contributed by atoms with Gasteiger partial charge in [0.05, 0.1) is 0 Å². The third-order valence-corrected chi connectivity index (χ3v) is 5.65. The van der Waals surface area contributed by atoms with Crippen LogP contribution in [0.1, 0.15) is 35.2 Å². The number of piperidine rings is 1. The van der Waals surface area contributed by atoms with E-state index < -0.39 is 0 Å². The summed E-state index contributed by atoms with van der Waals surface area (Å²) >= 11 is 0. The van der Waals surface area contributed by atoms with Crippen molar-refractivity contribution in [3.05, 3.63) is 35.4 Å². The molecule has 3 nitrogen and oxygen atoms in total. The summed E-state index contributed by atoms with van der Waals surface area (Å²) in [6.45, 7) is 7.72. The van der Waals surface area contributed by atoms with Crippen molar-refractivity contribution in [1.29, 1.82) is 0 Å². The van der Waals surface area contributed by atoms with Gasteiger partial charge in [0.25, 0.3) is 5.91 Å². The molecule has 0 unspecified atom stereocenters. The highest BCUT2D eigenvalue weighted by molar-refractivity contribution is 5.94. The predicted molar refractivity (Wildman–Crippen MR) is 87.8 cm³/mol. The van der Waals surface area contributed by atoms with Crippen molar-refractivity contribution in [2.45, 2.75) is 26.2 Å². The molecule has 1 aromatic rings. The third kappa shape index (κ3) is 2.91. The molecule has 1 saturated carbocycles. The summed E-state index contributed by atoms with van der Waals surface area (Å²) in [4.78, 5) is 17.5. The Morgan fingerprint density at radius 3 is 2.73 bits per heavy atom. The van der Waals surface area contributed by atoms with E-state index in [9.17, 15) is 4.79 Å². The molecule has 22 heavy (non-hydrogen) atoms. The number of hydrogen-bond donors (Lipinski definition) is 0. The Kier molecular flexibility index (Phi) is 3.69. The Morgan fingerprint density at radius 1 is 1.14 bits per heavy atom. The predicted octanol–water partition coefficient (Wildman–Crippen LogP) is 2.80. The van der Waals surface area contributed by atoms with Crippen molar-refractivity contribution in [3.8, 4) is 0 Å². The van der Waals surface area contributed by atoms with Gasteiger partial charge in [0, 0.05) is 31.7 Å². The van der Waals surface area contributed by atoms with Gasteiger partial charge in [-0.15, -0.1) is 0 Å². The molecule has 0 radical (unpaired) electrons. The molecule has 3 heteroatoms. The van der Waals surface area contributed by atoms with E-state index in [2.05, 4.69) is 22.8 Å². The highest BCUT2D eigenvalue weighted by Gasteiger charge is 2.39. The molecular weight excluding hydrogens is 272 g/mol. The third-order valence-electron chi connectivity index (χ3n) is 5.65. The maximum Gasteiger partial charge on any atom is 0.253 e. The van der Waals surface area contributed by atoms with E-state index in [1.54, 1.807) is 0 Å². The van der Waals surface area contributed by atoms with Crippen LogP contribution in [0.3, 0.4) is 0 Å². The van der Waals surface area contributed by atoms with Gasteiger partial charge in [0.15, 0.2) is 0 Å². The van der Waals surface area contributed by atoms with E-state index in [0.717, 1.165) is 36.1 Å². The summed E-state index contributed by atoms with van der Waals surface area (Å²) in [5.74, 6) is 2.63. The lowest BCUT2D eigenvalue weighted by atomic mass is 9.88. The number of fused-ring (bicyclic) bond motifs is 1. The summed E-state index contributed by atoms with van der Waals surface area (Å²) in [6.07, 6.45) is 4.14. The molecule has 0 bridgehead atoms. The second kappa shape index (κ2) is 5.69. The van der Waals surface area contributed by atoms with E-state index in [0.29, 0.717) is 5.92 Å². The highest BCUT2D eigenvalue weighted by atomic mass is 16.2. The van der Waals surface area contributed by atoms with Crippen LogP contribution in [-0.4, -0.2) is 48.4 Å². The molecule has 1 aromatic carbocycles. The first-order valence-electron chi connectivity index (χ1n) is 8.77. The Hall–Kier alpha value is -1.35. The zero-order valence-electron chi connectivity index (χ0n) is 13.5. The first-order chi connectivity index (χ1) is 10.7.